The highest BCUT2D eigenvalue weighted by Gasteiger charge is 2.07. The minimum Gasteiger partial charge on any atom is -0.486 e. The van der Waals surface area contributed by atoms with E-state index in [1.54, 1.807) is 0 Å². The van der Waals surface area contributed by atoms with Crippen molar-refractivity contribution in [3.05, 3.63) is 65.0 Å². The molecule has 0 aliphatic rings. The van der Waals surface area contributed by atoms with E-state index in [4.69, 9.17) is 15.7 Å². The predicted octanol–water partition coefficient (Wildman–Crippen LogP) is 3.06. The molecule has 0 spiro atoms. The number of ether oxygens (including phenoxy) is 1. The van der Waals surface area contributed by atoms with Crippen LogP contribution in [-0.4, -0.2) is 11.0 Å². The lowest BCUT2D eigenvalue weighted by Gasteiger charge is -2.09. The summed E-state index contributed by atoms with van der Waals surface area (Å²) in [5, 5.41) is 11.4. The third kappa shape index (κ3) is 3.72. The van der Waals surface area contributed by atoms with Crippen LogP contribution in [0.1, 0.15) is 23.6 Å². The first-order valence-corrected chi connectivity index (χ1v) is 6.62. The van der Waals surface area contributed by atoms with Gasteiger partial charge in [0.25, 0.3) is 0 Å². The first-order valence-electron chi connectivity index (χ1n) is 6.62. The number of nitrogens with two attached hydrogens (primary N) is 1. The molecule has 3 N–H and O–H groups in total. The summed E-state index contributed by atoms with van der Waals surface area (Å²) in [6.45, 7) is 2.37. The average Bonchev–Trinajstić information content (AvgIpc) is 2.53. The predicted molar refractivity (Wildman–Crippen MR) is 79.1 cm³/mol. The van der Waals surface area contributed by atoms with E-state index in [-0.39, 0.29) is 18.2 Å². The quantitative estimate of drug-likeness (QED) is 0.384. The minimum atomic E-state index is -0.552. The van der Waals surface area contributed by atoms with Gasteiger partial charge in [-0.25, -0.2) is 4.39 Å². The summed E-state index contributed by atoms with van der Waals surface area (Å²) in [7, 11) is 0. The summed E-state index contributed by atoms with van der Waals surface area (Å²) in [6.07, 6.45) is 0.977. The summed E-state index contributed by atoms with van der Waals surface area (Å²) in [4.78, 5) is 0. The van der Waals surface area contributed by atoms with Crippen molar-refractivity contribution < 1.29 is 14.3 Å². The molecule has 0 atom stereocenters. The van der Waals surface area contributed by atoms with Crippen molar-refractivity contribution in [3.63, 3.8) is 0 Å². The van der Waals surface area contributed by atoms with Crippen LogP contribution in [0.4, 0.5) is 4.39 Å². The SMILES string of the molecule is CCc1ccc(COc2ccc(/C(N)=N/O)cc2F)cc1. The number of rotatable bonds is 5. The third-order valence-corrected chi connectivity index (χ3v) is 3.16. The van der Waals surface area contributed by atoms with Gasteiger partial charge in [-0.05, 0) is 35.7 Å². The lowest BCUT2D eigenvalue weighted by molar-refractivity contribution is 0.290. The van der Waals surface area contributed by atoms with Crippen molar-refractivity contribution in [1.82, 2.24) is 0 Å². The number of hydrogen-bond acceptors (Lipinski definition) is 3. The fraction of sp³-hybridized carbons (Fsp3) is 0.188. The molecule has 5 heteroatoms. The number of hydrogen-bond donors (Lipinski definition) is 2. The van der Waals surface area contributed by atoms with Gasteiger partial charge in [0.2, 0.25) is 0 Å². The molecule has 0 bridgehead atoms. The van der Waals surface area contributed by atoms with Gasteiger partial charge < -0.3 is 15.7 Å². The molecule has 0 radical (unpaired) electrons. The van der Waals surface area contributed by atoms with Crippen LogP contribution in [0.5, 0.6) is 5.75 Å². The largest absolute Gasteiger partial charge is 0.486 e. The molecule has 110 valence electrons. The zero-order valence-corrected chi connectivity index (χ0v) is 11.7. The Balaban J connectivity index is 2.05. The molecule has 4 nitrogen and oxygen atoms in total. The van der Waals surface area contributed by atoms with Crippen molar-refractivity contribution in [2.75, 3.05) is 0 Å². The number of halogens is 1. The maximum Gasteiger partial charge on any atom is 0.170 e. The zero-order chi connectivity index (χ0) is 15.2. The van der Waals surface area contributed by atoms with Crippen LogP contribution in [0.3, 0.4) is 0 Å². The van der Waals surface area contributed by atoms with Gasteiger partial charge in [-0.2, -0.15) is 0 Å². The van der Waals surface area contributed by atoms with Crippen LogP contribution < -0.4 is 10.5 Å². The molecule has 0 heterocycles. The van der Waals surface area contributed by atoms with Crippen LogP contribution in [0, 0.1) is 5.82 Å². The van der Waals surface area contributed by atoms with Crippen molar-refractivity contribution in [1.29, 1.82) is 0 Å². The summed E-state index contributed by atoms with van der Waals surface area (Å²) >= 11 is 0. The van der Waals surface area contributed by atoms with E-state index in [9.17, 15) is 4.39 Å². The molecule has 0 unspecified atom stereocenters. The molecule has 0 aliphatic heterocycles. The molecule has 0 saturated heterocycles. The van der Waals surface area contributed by atoms with Gasteiger partial charge in [0.05, 0.1) is 0 Å². The fourth-order valence-corrected chi connectivity index (χ4v) is 1.87. The average molecular weight is 288 g/mol. The van der Waals surface area contributed by atoms with E-state index in [0.29, 0.717) is 5.56 Å². The highest BCUT2D eigenvalue weighted by Crippen LogP contribution is 2.20. The minimum absolute atomic E-state index is 0.129. The topological polar surface area (TPSA) is 67.8 Å². The highest BCUT2D eigenvalue weighted by molar-refractivity contribution is 5.97. The molecule has 0 aromatic heterocycles. The Morgan fingerprint density at radius 2 is 1.86 bits per heavy atom. The summed E-state index contributed by atoms with van der Waals surface area (Å²) in [5.74, 6) is -0.566. The summed E-state index contributed by atoms with van der Waals surface area (Å²) in [5.41, 5.74) is 7.91. The van der Waals surface area contributed by atoms with E-state index in [2.05, 4.69) is 12.1 Å². The second-order valence-corrected chi connectivity index (χ2v) is 4.59. The van der Waals surface area contributed by atoms with Gasteiger partial charge in [-0.3, -0.25) is 0 Å². The lowest BCUT2D eigenvalue weighted by Crippen LogP contribution is -2.13. The Morgan fingerprint density at radius 1 is 1.19 bits per heavy atom. The van der Waals surface area contributed by atoms with Crippen LogP contribution >= 0.6 is 0 Å². The van der Waals surface area contributed by atoms with Gasteiger partial charge in [-0.1, -0.05) is 36.3 Å². The first-order chi connectivity index (χ1) is 10.1. The van der Waals surface area contributed by atoms with E-state index in [0.717, 1.165) is 12.0 Å². The van der Waals surface area contributed by atoms with Crippen molar-refractivity contribution in [3.8, 4) is 5.75 Å². The van der Waals surface area contributed by atoms with E-state index < -0.39 is 5.82 Å². The molecule has 2 aromatic carbocycles. The first kappa shape index (κ1) is 14.8. The molecule has 0 aliphatic carbocycles. The second-order valence-electron chi connectivity index (χ2n) is 4.59. The Bertz CT molecular complexity index is 639. The third-order valence-electron chi connectivity index (χ3n) is 3.16. The number of oxime groups is 1. The number of benzene rings is 2. The second kappa shape index (κ2) is 6.74. The number of aryl methyl sites for hydroxylation is 1. The molecule has 0 saturated carbocycles. The van der Waals surface area contributed by atoms with Gasteiger partial charge in [0.15, 0.2) is 17.4 Å². The molecule has 21 heavy (non-hydrogen) atoms. The standard InChI is InChI=1S/C16H17FN2O2/c1-2-11-3-5-12(6-4-11)10-21-15-8-7-13(9-14(15)17)16(18)19-20/h3-9,20H,2,10H2,1H3,(H2,18,19). The smallest absolute Gasteiger partial charge is 0.170 e. The number of nitrogens with zero attached hydrogens (tertiary/aromatic N) is 1. The zero-order valence-electron chi connectivity index (χ0n) is 11.7. The Labute approximate surface area is 122 Å². The van der Waals surface area contributed by atoms with Crippen LogP contribution in [0.15, 0.2) is 47.6 Å². The maximum absolute atomic E-state index is 13.9. The Hall–Kier alpha value is -2.56. The summed E-state index contributed by atoms with van der Waals surface area (Å²) < 4.78 is 19.3. The van der Waals surface area contributed by atoms with Gasteiger partial charge >= 0.3 is 0 Å². The molecular weight excluding hydrogens is 271 g/mol. The highest BCUT2D eigenvalue weighted by atomic mass is 19.1. The van der Waals surface area contributed by atoms with Crippen molar-refractivity contribution in [2.45, 2.75) is 20.0 Å². The number of amidine groups is 1. The molecule has 0 amide bonds. The van der Waals surface area contributed by atoms with Gasteiger partial charge in [0.1, 0.15) is 6.61 Å². The molecule has 2 rings (SSSR count). The van der Waals surface area contributed by atoms with Crippen LogP contribution in [-0.2, 0) is 13.0 Å². The lowest BCUT2D eigenvalue weighted by atomic mass is 10.1. The van der Waals surface area contributed by atoms with Crippen molar-refractivity contribution >= 4 is 5.84 Å². The van der Waals surface area contributed by atoms with Crippen LogP contribution in [0.2, 0.25) is 0 Å². The normalized spacial score (nSPS) is 11.4. The maximum atomic E-state index is 13.9. The monoisotopic (exact) mass is 288 g/mol. The van der Waals surface area contributed by atoms with Gasteiger partial charge in [0, 0.05) is 5.56 Å². The van der Waals surface area contributed by atoms with Gasteiger partial charge in [-0.15, -0.1) is 0 Å². The summed E-state index contributed by atoms with van der Waals surface area (Å²) in [6, 6.07) is 12.1. The fourth-order valence-electron chi connectivity index (χ4n) is 1.87. The van der Waals surface area contributed by atoms with Crippen molar-refractivity contribution in [2.24, 2.45) is 10.9 Å². The van der Waals surface area contributed by atoms with E-state index in [1.165, 1.54) is 23.8 Å². The Morgan fingerprint density at radius 3 is 2.43 bits per heavy atom. The van der Waals surface area contributed by atoms with E-state index in [1.807, 2.05) is 24.3 Å². The van der Waals surface area contributed by atoms with E-state index >= 15 is 0 Å². The van der Waals surface area contributed by atoms with Crippen LogP contribution in [0.25, 0.3) is 0 Å². The molecule has 2 aromatic rings. The molecule has 0 fully saturated rings. The molecular formula is C16H17FN2O2. The Kier molecular flexibility index (Phi) is 4.77.